The van der Waals surface area contributed by atoms with Crippen LogP contribution in [-0.4, -0.2) is 34.3 Å². The first kappa shape index (κ1) is 15.9. The van der Waals surface area contributed by atoms with Gasteiger partial charge < -0.3 is 20.4 Å². The molecule has 0 spiro atoms. The summed E-state index contributed by atoms with van der Waals surface area (Å²) in [6.45, 7) is 3.31. The minimum absolute atomic E-state index is 0.323. The van der Waals surface area contributed by atoms with Gasteiger partial charge in [-0.2, -0.15) is 4.98 Å². The molecule has 1 aromatic carbocycles. The van der Waals surface area contributed by atoms with Crippen molar-refractivity contribution in [1.29, 1.82) is 0 Å². The average Bonchev–Trinajstić information content (AvgIpc) is 3.28. The Kier molecular flexibility index (Phi) is 4.52. The van der Waals surface area contributed by atoms with E-state index in [-0.39, 0.29) is 0 Å². The van der Waals surface area contributed by atoms with Gasteiger partial charge in [0.1, 0.15) is 5.82 Å². The third-order valence-corrected chi connectivity index (χ3v) is 4.67. The first-order chi connectivity index (χ1) is 12.3. The van der Waals surface area contributed by atoms with Crippen molar-refractivity contribution < 1.29 is 4.74 Å². The van der Waals surface area contributed by atoms with Gasteiger partial charge >= 0.3 is 0 Å². The molecule has 6 heteroatoms. The van der Waals surface area contributed by atoms with Crippen LogP contribution in [0.25, 0.3) is 10.9 Å². The molecule has 0 bridgehead atoms. The van der Waals surface area contributed by atoms with Gasteiger partial charge in [0.2, 0.25) is 5.95 Å². The second-order valence-corrected chi connectivity index (χ2v) is 6.45. The van der Waals surface area contributed by atoms with Crippen LogP contribution in [0.2, 0.25) is 0 Å². The molecular formula is C19H23N5O. The minimum atomic E-state index is 0.323. The molecule has 2 aromatic heterocycles. The van der Waals surface area contributed by atoms with Crippen molar-refractivity contribution in [2.75, 3.05) is 30.8 Å². The summed E-state index contributed by atoms with van der Waals surface area (Å²) in [4.78, 5) is 8.66. The van der Waals surface area contributed by atoms with E-state index in [0.717, 1.165) is 50.7 Å². The van der Waals surface area contributed by atoms with E-state index in [1.807, 2.05) is 6.07 Å². The Morgan fingerprint density at radius 1 is 1.24 bits per heavy atom. The lowest BCUT2D eigenvalue weighted by molar-refractivity contribution is 0.193. The van der Waals surface area contributed by atoms with E-state index in [1.54, 1.807) is 0 Å². The molecule has 1 aliphatic heterocycles. The number of nitrogens with zero attached hydrogens (tertiary/aromatic N) is 3. The van der Waals surface area contributed by atoms with Crippen molar-refractivity contribution >= 4 is 22.7 Å². The molecule has 0 saturated carbocycles. The van der Waals surface area contributed by atoms with Crippen LogP contribution in [-0.2, 0) is 11.3 Å². The number of ether oxygens (including phenoxy) is 1. The normalized spacial score (nSPS) is 17.2. The van der Waals surface area contributed by atoms with Gasteiger partial charge in [0.05, 0.1) is 12.3 Å². The maximum Gasteiger partial charge on any atom is 0.222 e. The van der Waals surface area contributed by atoms with Gasteiger partial charge in [-0.05, 0) is 30.4 Å². The zero-order valence-corrected chi connectivity index (χ0v) is 14.2. The van der Waals surface area contributed by atoms with Gasteiger partial charge in [0.25, 0.3) is 0 Å². The zero-order valence-electron chi connectivity index (χ0n) is 14.2. The lowest BCUT2D eigenvalue weighted by Crippen LogP contribution is -2.11. The van der Waals surface area contributed by atoms with Crippen molar-refractivity contribution in [3.8, 4) is 0 Å². The van der Waals surface area contributed by atoms with Crippen LogP contribution in [0.15, 0.2) is 42.6 Å². The van der Waals surface area contributed by atoms with E-state index in [2.05, 4.69) is 56.4 Å². The number of hydrogen-bond acceptors (Lipinski definition) is 5. The number of nitrogen functional groups attached to an aromatic ring is 1. The Balaban J connectivity index is 1.35. The molecule has 4 rings (SSSR count). The highest BCUT2D eigenvalue weighted by Gasteiger charge is 2.20. The van der Waals surface area contributed by atoms with E-state index < -0.39 is 0 Å². The van der Waals surface area contributed by atoms with Crippen LogP contribution in [0.1, 0.15) is 24.5 Å². The van der Waals surface area contributed by atoms with Crippen LogP contribution < -0.4 is 11.1 Å². The highest BCUT2D eigenvalue weighted by atomic mass is 16.5. The first-order valence-electron chi connectivity index (χ1n) is 8.79. The number of anilines is 2. The number of hydrogen-bond donors (Lipinski definition) is 2. The summed E-state index contributed by atoms with van der Waals surface area (Å²) in [7, 11) is 0. The summed E-state index contributed by atoms with van der Waals surface area (Å²) in [5.74, 6) is 1.45. The fourth-order valence-electron chi connectivity index (χ4n) is 3.35. The Morgan fingerprint density at radius 3 is 3.04 bits per heavy atom. The van der Waals surface area contributed by atoms with Gasteiger partial charge in [-0.1, -0.05) is 18.2 Å². The third kappa shape index (κ3) is 3.58. The Hall–Kier alpha value is -2.60. The van der Waals surface area contributed by atoms with Crippen molar-refractivity contribution in [1.82, 2.24) is 14.5 Å². The van der Waals surface area contributed by atoms with Gasteiger partial charge in [0.15, 0.2) is 0 Å². The quantitative estimate of drug-likeness (QED) is 0.676. The highest BCUT2D eigenvalue weighted by molar-refractivity contribution is 5.79. The summed E-state index contributed by atoms with van der Waals surface area (Å²) in [6, 6.07) is 12.6. The number of nitrogens with one attached hydrogen (secondary N) is 1. The van der Waals surface area contributed by atoms with Crippen LogP contribution in [0.5, 0.6) is 0 Å². The van der Waals surface area contributed by atoms with Crippen LogP contribution in [0.4, 0.5) is 11.8 Å². The molecule has 1 saturated heterocycles. The molecule has 0 radical (unpaired) electrons. The smallest absolute Gasteiger partial charge is 0.222 e. The van der Waals surface area contributed by atoms with Gasteiger partial charge in [-0.25, -0.2) is 4.98 Å². The number of aromatic nitrogens is 3. The number of fused-ring (bicyclic) bond motifs is 1. The summed E-state index contributed by atoms with van der Waals surface area (Å²) in [5, 5.41) is 4.65. The molecule has 25 heavy (non-hydrogen) atoms. The number of aryl methyl sites for hydroxylation is 1. The topological polar surface area (TPSA) is 78.0 Å². The molecule has 3 aromatic rings. The van der Waals surface area contributed by atoms with E-state index in [0.29, 0.717) is 11.9 Å². The number of rotatable bonds is 6. The van der Waals surface area contributed by atoms with Gasteiger partial charge in [0, 0.05) is 43.4 Å². The van der Waals surface area contributed by atoms with Crippen LogP contribution >= 0.6 is 0 Å². The summed E-state index contributed by atoms with van der Waals surface area (Å²) >= 11 is 0. The summed E-state index contributed by atoms with van der Waals surface area (Å²) in [6.07, 6.45) is 4.15. The van der Waals surface area contributed by atoms with Crippen molar-refractivity contribution in [3.63, 3.8) is 0 Å². The Morgan fingerprint density at radius 2 is 2.16 bits per heavy atom. The molecule has 1 atom stereocenters. The Bertz CT molecular complexity index is 854. The number of nitrogens with two attached hydrogens (primary N) is 1. The Labute approximate surface area is 147 Å². The molecule has 3 heterocycles. The maximum atomic E-state index is 5.86. The average molecular weight is 337 g/mol. The monoisotopic (exact) mass is 337 g/mol. The van der Waals surface area contributed by atoms with Crippen molar-refractivity contribution in [3.05, 3.63) is 48.3 Å². The fraction of sp³-hybridized carbons (Fsp3) is 0.368. The fourth-order valence-corrected chi connectivity index (χ4v) is 3.35. The predicted molar refractivity (Wildman–Crippen MR) is 99.7 cm³/mol. The van der Waals surface area contributed by atoms with Crippen LogP contribution in [0, 0.1) is 0 Å². The largest absolute Gasteiger partial charge is 0.381 e. The molecule has 0 unspecified atom stereocenters. The summed E-state index contributed by atoms with van der Waals surface area (Å²) < 4.78 is 7.73. The van der Waals surface area contributed by atoms with E-state index in [4.69, 9.17) is 10.5 Å². The van der Waals surface area contributed by atoms with E-state index >= 15 is 0 Å². The maximum absolute atomic E-state index is 5.86. The van der Waals surface area contributed by atoms with E-state index in [9.17, 15) is 0 Å². The summed E-state index contributed by atoms with van der Waals surface area (Å²) in [5.41, 5.74) is 8.11. The third-order valence-electron chi connectivity index (χ3n) is 4.67. The van der Waals surface area contributed by atoms with Crippen LogP contribution in [0.3, 0.4) is 0 Å². The molecule has 6 nitrogen and oxygen atoms in total. The first-order valence-corrected chi connectivity index (χ1v) is 8.79. The molecule has 0 amide bonds. The second kappa shape index (κ2) is 7.11. The number of para-hydroxylation sites is 1. The lowest BCUT2D eigenvalue weighted by atomic mass is 10.0. The van der Waals surface area contributed by atoms with Crippen molar-refractivity contribution in [2.45, 2.75) is 25.3 Å². The van der Waals surface area contributed by atoms with E-state index in [1.165, 1.54) is 10.9 Å². The molecule has 130 valence electrons. The highest BCUT2D eigenvalue weighted by Crippen LogP contribution is 2.25. The molecule has 3 N–H and O–H groups in total. The second-order valence-electron chi connectivity index (χ2n) is 6.45. The van der Waals surface area contributed by atoms with Gasteiger partial charge in [-0.3, -0.25) is 0 Å². The van der Waals surface area contributed by atoms with Crippen molar-refractivity contribution in [2.24, 2.45) is 0 Å². The molecule has 1 aliphatic rings. The molecule has 0 aliphatic carbocycles. The predicted octanol–water partition coefficient (Wildman–Crippen LogP) is 3.02. The molecule has 1 fully saturated rings. The minimum Gasteiger partial charge on any atom is -0.381 e. The molecular weight excluding hydrogens is 314 g/mol. The zero-order chi connectivity index (χ0) is 17.1. The van der Waals surface area contributed by atoms with Gasteiger partial charge in [-0.15, -0.1) is 0 Å². The SMILES string of the molecule is Nc1nc(NCCCn2ccc3ccccc32)cc([C@H]2CCOC2)n1. The number of benzene rings is 1. The lowest BCUT2D eigenvalue weighted by Gasteiger charge is -2.12. The standard InChI is InChI=1S/C19H23N5O/c20-19-22-16(15-7-11-25-13-15)12-18(23-19)21-8-3-9-24-10-6-14-4-1-2-5-17(14)24/h1-2,4-6,10,12,15H,3,7-9,11,13H2,(H3,20,21,22,23)/t15-/m0/s1.